The van der Waals surface area contributed by atoms with Gasteiger partial charge >= 0.3 is 0 Å². The molecule has 0 spiro atoms. The zero-order valence-electron chi connectivity index (χ0n) is 20.5. The van der Waals surface area contributed by atoms with Gasteiger partial charge in [-0.25, -0.2) is 0 Å². The molecule has 6 aromatic rings. The van der Waals surface area contributed by atoms with Gasteiger partial charge in [0.15, 0.2) is 0 Å². The van der Waals surface area contributed by atoms with E-state index in [1.165, 1.54) is 55.3 Å². The molecule has 0 unspecified atom stereocenters. The predicted octanol–water partition coefficient (Wildman–Crippen LogP) is 10.1. The molecule has 178 valence electrons. The fourth-order valence-electron chi connectivity index (χ4n) is 5.49. The molecular formula is C35H33N. The van der Waals surface area contributed by atoms with Crippen LogP contribution in [0, 0.1) is 0 Å². The Morgan fingerprint density at radius 2 is 1.03 bits per heavy atom. The first-order chi connectivity index (χ1) is 17.0. The minimum absolute atomic E-state index is 0. The Bertz CT molecular complexity index is 1650. The first-order valence-electron chi connectivity index (χ1n) is 12.3. The molecule has 0 amide bonds. The van der Waals surface area contributed by atoms with Gasteiger partial charge in [0, 0.05) is 16.3 Å². The summed E-state index contributed by atoms with van der Waals surface area (Å²) in [6.45, 7) is 6.97. The van der Waals surface area contributed by atoms with E-state index in [2.05, 4.69) is 147 Å². The van der Waals surface area contributed by atoms with E-state index >= 15 is 0 Å². The van der Waals surface area contributed by atoms with E-state index in [1.807, 2.05) is 0 Å². The number of nitrogens with zero attached hydrogens (tertiary/aromatic N) is 1. The lowest BCUT2D eigenvalue weighted by Crippen LogP contribution is -2.17. The van der Waals surface area contributed by atoms with Gasteiger partial charge in [-0.05, 0) is 39.8 Å². The van der Waals surface area contributed by atoms with Crippen molar-refractivity contribution < 1.29 is 0 Å². The summed E-state index contributed by atoms with van der Waals surface area (Å²) in [5, 5.41) is 2.57. The third-order valence-corrected chi connectivity index (χ3v) is 6.90. The minimum Gasteiger partial charge on any atom is -0.308 e. The lowest BCUT2D eigenvalue weighted by Gasteiger charge is -2.28. The number of fused-ring (bicyclic) bond motifs is 3. The lowest BCUT2D eigenvalue weighted by molar-refractivity contribution is 0.589. The molecule has 0 fully saturated rings. The molecule has 6 rings (SSSR count). The van der Waals surface area contributed by atoms with Crippen LogP contribution in [0.5, 0.6) is 0 Å². The normalized spacial score (nSPS) is 11.5. The predicted molar refractivity (Wildman–Crippen MR) is 157 cm³/mol. The van der Waals surface area contributed by atoms with Gasteiger partial charge in [-0.1, -0.05) is 137 Å². The van der Waals surface area contributed by atoms with Crippen LogP contribution in [0.1, 0.15) is 33.8 Å². The first kappa shape index (κ1) is 23.6. The molecule has 1 nitrogen and oxygen atoms in total. The van der Waals surface area contributed by atoms with E-state index in [1.54, 1.807) is 0 Å². The van der Waals surface area contributed by atoms with Crippen molar-refractivity contribution in [3.05, 3.63) is 127 Å². The third-order valence-electron chi connectivity index (χ3n) is 6.90. The first-order valence-corrected chi connectivity index (χ1v) is 12.3. The maximum Gasteiger partial charge on any atom is 0.0619 e. The molecule has 5 aromatic carbocycles. The van der Waals surface area contributed by atoms with Crippen molar-refractivity contribution in [2.75, 3.05) is 0 Å². The quantitative estimate of drug-likeness (QED) is 0.244. The Labute approximate surface area is 214 Å². The summed E-state index contributed by atoms with van der Waals surface area (Å²) in [5.41, 5.74) is 10.1. The van der Waals surface area contributed by atoms with Crippen molar-refractivity contribution >= 4 is 21.8 Å². The van der Waals surface area contributed by atoms with E-state index in [0.717, 1.165) is 0 Å². The topological polar surface area (TPSA) is 4.93 Å². The van der Waals surface area contributed by atoms with Crippen LogP contribution in [0.25, 0.3) is 49.7 Å². The van der Waals surface area contributed by atoms with Crippen LogP contribution in [0.15, 0.2) is 121 Å². The van der Waals surface area contributed by atoms with Crippen molar-refractivity contribution in [3.63, 3.8) is 0 Å². The van der Waals surface area contributed by atoms with Crippen molar-refractivity contribution in [1.82, 2.24) is 4.57 Å². The van der Waals surface area contributed by atoms with Crippen LogP contribution in [0.2, 0.25) is 0 Å². The highest BCUT2D eigenvalue weighted by molar-refractivity contribution is 6.14. The summed E-state index contributed by atoms with van der Waals surface area (Å²) in [6, 6.07) is 43.8. The molecule has 0 atom stereocenters. The molecule has 1 heterocycles. The van der Waals surface area contributed by atoms with E-state index in [4.69, 9.17) is 0 Å². The average Bonchev–Trinajstić information content (AvgIpc) is 3.23. The second kappa shape index (κ2) is 9.17. The molecule has 0 saturated carbocycles. The number of para-hydroxylation sites is 2. The molecule has 0 radical (unpaired) electrons. The highest BCUT2D eigenvalue weighted by atomic mass is 15.0. The molecular weight excluding hydrogens is 434 g/mol. The van der Waals surface area contributed by atoms with Gasteiger partial charge in [-0.15, -0.1) is 0 Å². The number of aromatic nitrogens is 1. The second-order valence-electron chi connectivity index (χ2n) is 10.2. The molecule has 0 aliphatic rings. The summed E-state index contributed by atoms with van der Waals surface area (Å²) in [5.74, 6) is 0. The van der Waals surface area contributed by atoms with Gasteiger partial charge < -0.3 is 4.57 Å². The number of rotatable bonds is 3. The van der Waals surface area contributed by atoms with E-state index < -0.39 is 0 Å². The summed E-state index contributed by atoms with van der Waals surface area (Å²) in [4.78, 5) is 0. The zero-order valence-corrected chi connectivity index (χ0v) is 20.5. The number of hydrogen-bond acceptors (Lipinski definition) is 0. The summed E-state index contributed by atoms with van der Waals surface area (Å²) in [6.07, 6.45) is 0. The maximum atomic E-state index is 2.50. The van der Waals surface area contributed by atoms with Crippen molar-refractivity contribution in [2.24, 2.45) is 0 Å². The maximum absolute atomic E-state index is 2.50. The highest BCUT2D eigenvalue weighted by Crippen LogP contribution is 2.43. The fourth-order valence-corrected chi connectivity index (χ4v) is 5.49. The van der Waals surface area contributed by atoms with Gasteiger partial charge in [-0.3, -0.25) is 0 Å². The fraction of sp³-hybridized carbons (Fsp3) is 0.143. The monoisotopic (exact) mass is 467 g/mol. The molecule has 0 aliphatic carbocycles. The second-order valence-corrected chi connectivity index (χ2v) is 10.2. The Morgan fingerprint density at radius 1 is 0.500 bits per heavy atom. The summed E-state index contributed by atoms with van der Waals surface area (Å²) < 4.78 is 2.50. The Hall–Kier alpha value is -4.10. The lowest BCUT2D eigenvalue weighted by atomic mass is 9.80. The third kappa shape index (κ3) is 3.82. The van der Waals surface area contributed by atoms with Crippen molar-refractivity contribution in [3.8, 4) is 27.9 Å². The number of hydrogen-bond donors (Lipinski definition) is 0. The van der Waals surface area contributed by atoms with Crippen LogP contribution in [-0.4, -0.2) is 4.57 Å². The van der Waals surface area contributed by atoms with Gasteiger partial charge in [0.2, 0.25) is 0 Å². The Balaban J connectivity index is 0.00000267. The standard InChI is InChI=1S/C34H29N.CH4/c1-34(2,3)32-26(24-14-6-4-7-15-24)19-13-23-31(32)35-30-22-11-10-18-28(30)29-21-12-20-27(33(29)35)25-16-8-5-9-17-25;/h4-23H,1-3H3;1H4. The van der Waals surface area contributed by atoms with Crippen LogP contribution in [0.4, 0.5) is 0 Å². The van der Waals surface area contributed by atoms with E-state index in [9.17, 15) is 0 Å². The van der Waals surface area contributed by atoms with Gasteiger partial charge in [0.1, 0.15) is 0 Å². The molecule has 0 saturated heterocycles. The van der Waals surface area contributed by atoms with E-state index in [-0.39, 0.29) is 12.8 Å². The average molecular weight is 468 g/mol. The molecule has 36 heavy (non-hydrogen) atoms. The minimum atomic E-state index is -0.0544. The van der Waals surface area contributed by atoms with Crippen LogP contribution in [-0.2, 0) is 5.41 Å². The van der Waals surface area contributed by atoms with Gasteiger partial charge in [0.25, 0.3) is 0 Å². The van der Waals surface area contributed by atoms with Crippen molar-refractivity contribution in [2.45, 2.75) is 33.6 Å². The smallest absolute Gasteiger partial charge is 0.0619 e. The molecule has 1 heteroatoms. The van der Waals surface area contributed by atoms with Crippen LogP contribution < -0.4 is 0 Å². The highest BCUT2D eigenvalue weighted by Gasteiger charge is 2.26. The number of benzene rings is 5. The molecule has 0 bridgehead atoms. The zero-order chi connectivity index (χ0) is 24.0. The van der Waals surface area contributed by atoms with Crippen LogP contribution >= 0.6 is 0 Å². The molecule has 1 aromatic heterocycles. The SMILES string of the molecule is C.CC(C)(C)c1c(-c2ccccc2)cccc1-n1c2ccccc2c2cccc(-c3ccccc3)c21. The van der Waals surface area contributed by atoms with Crippen molar-refractivity contribution in [1.29, 1.82) is 0 Å². The van der Waals surface area contributed by atoms with Gasteiger partial charge in [0.05, 0.1) is 16.7 Å². The molecule has 0 aliphatic heterocycles. The molecule has 0 N–H and O–H groups in total. The summed E-state index contributed by atoms with van der Waals surface area (Å²) in [7, 11) is 0. The summed E-state index contributed by atoms with van der Waals surface area (Å²) >= 11 is 0. The largest absolute Gasteiger partial charge is 0.308 e. The van der Waals surface area contributed by atoms with E-state index in [0.29, 0.717) is 0 Å². The van der Waals surface area contributed by atoms with Crippen LogP contribution in [0.3, 0.4) is 0 Å². The Kier molecular flexibility index (Phi) is 6.02. The van der Waals surface area contributed by atoms with Gasteiger partial charge in [-0.2, -0.15) is 0 Å². The Morgan fingerprint density at radius 3 is 1.69 bits per heavy atom.